The molecule has 0 aliphatic heterocycles. The summed E-state index contributed by atoms with van der Waals surface area (Å²) >= 11 is 0. The van der Waals surface area contributed by atoms with E-state index in [1.54, 1.807) is 18.2 Å². The molecule has 0 radical (unpaired) electrons. The van der Waals surface area contributed by atoms with Gasteiger partial charge in [0, 0.05) is 24.7 Å². The third kappa shape index (κ3) is 5.56. The quantitative estimate of drug-likeness (QED) is 0.443. The van der Waals surface area contributed by atoms with Crippen molar-refractivity contribution < 1.29 is 19.0 Å². The van der Waals surface area contributed by atoms with E-state index in [2.05, 4.69) is 10.3 Å². The summed E-state index contributed by atoms with van der Waals surface area (Å²) in [6, 6.07) is 14.3. The molecule has 1 amide bonds. The second-order valence-electron chi connectivity index (χ2n) is 8.02. The molecule has 1 aliphatic carbocycles. The molecule has 1 unspecified atom stereocenters. The number of ether oxygens (including phenoxy) is 1. The number of rotatable bonds is 9. The van der Waals surface area contributed by atoms with Gasteiger partial charge in [-0.15, -0.1) is 0 Å². The number of nitrogens with two attached hydrogens (primary N) is 1. The summed E-state index contributed by atoms with van der Waals surface area (Å²) in [7, 11) is 0. The van der Waals surface area contributed by atoms with Crippen LogP contribution in [0.5, 0.6) is 0 Å². The predicted octanol–water partition coefficient (Wildman–Crippen LogP) is 3.89. The normalized spacial score (nSPS) is 14.2. The molecule has 0 spiro atoms. The van der Waals surface area contributed by atoms with Gasteiger partial charge in [-0.2, -0.15) is 0 Å². The van der Waals surface area contributed by atoms with Crippen molar-refractivity contribution in [3.63, 3.8) is 0 Å². The Labute approximate surface area is 186 Å². The first-order valence-electron chi connectivity index (χ1n) is 10.7. The number of benzene rings is 2. The van der Waals surface area contributed by atoms with Gasteiger partial charge in [0.25, 0.3) is 5.91 Å². The Bertz CT molecular complexity index is 1100. The first-order chi connectivity index (χ1) is 15.5. The fraction of sp³-hybridized carbons (Fsp3) is 0.280. The number of hydrogen-bond acceptors (Lipinski definition) is 5. The highest BCUT2D eigenvalue weighted by atomic mass is 19.1. The molecular weight excluding hydrogens is 409 g/mol. The van der Waals surface area contributed by atoms with Crippen molar-refractivity contribution in [2.75, 3.05) is 11.9 Å². The Kier molecular flexibility index (Phi) is 6.90. The fourth-order valence-corrected chi connectivity index (χ4v) is 3.49. The molecule has 1 atom stereocenters. The minimum Gasteiger partial charge on any atom is -0.368 e. The topological polar surface area (TPSA) is 97.5 Å². The van der Waals surface area contributed by atoms with E-state index in [-0.39, 0.29) is 5.69 Å². The van der Waals surface area contributed by atoms with Gasteiger partial charge in [-0.25, -0.2) is 4.39 Å². The number of carbonyl (C=O) groups excluding carboxylic acids is 1. The van der Waals surface area contributed by atoms with Gasteiger partial charge in [0.1, 0.15) is 0 Å². The van der Waals surface area contributed by atoms with Crippen LogP contribution < -0.4 is 11.1 Å². The van der Waals surface area contributed by atoms with Crippen molar-refractivity contribution in [2.45, 2.75) is 32.1 Å². The van der Waals surface area contributed by atoms with Gasteiger partial charge < -0.3 is 20.9 Å². The number of aromatic nitrogens is 1. The molecule has 1 saturated carbocycles. The van der Waals surface area contributed by atoms with E-state index in [4.69, 9.17) is 10.5 Å². The van der Waals surface area contributed by atoms with Crippen molar-refractivity contribution in [3.05, 3.63) is 83.4 Å². The first-order valence-corrected chi connectivity index (χ1v) is 10.7. The second-order valence-corrected chi connectivity index (χ2v) is 8.02. The summed E-state index contributed by atoms with van der Waals surface area (Å²) in [5.74, 6) is -0.451. The number of anilines is 1. The maximum Gasteiger partial charge on any atom is 0.255 e. The number of carbonyl (C=O) groups is 1. The molecule has 4 N–H and O–H groups in total. The predicted molar refractivity (Wildman–Crippen MR) is 120 cm³/mol. The first kappa shape index (κ1) is 22.1. The largest absolute Gasteiger partial charge is 0.368 e. The molecule has 32 heavy (non-hydrogen) atoms. The van der Waals surface area contributed by atoms with Crippen LogP contribution in [-0.4, -0.2) is 28.9 Å². The summed E-state index contributed by atoms with van der Waals surface area (Å²) in [5, 5.41) is 12.8. The number of nitrogens with one attached hydrogen (secondary N) is 1. The Hall–Kier alpha value is -3.13. The van der Waals surface area contributed by atoms with Crippen molar-refractivity contribution in [2.24, 2.45) is 11.7 Å². The molecule has 7 heteroatoms. The van der Waals surface area contributed by atoms with Gasteiger partial charge in [0.15, 0.2) is 12.1 Å². The number of amides is 1. The maximum atomic E-state index is 13.9. The van der Waals surface area contributed by atoms with E-state index in [1.165, 1.54) is 25.1 Å². The standard InChI is InChI=1S/C25H26FN3O3/c26-22-14-28-9-8-23(22)29-25(31)19-6-7-20(13-27)21(12-19)18-3-1-2-17(10-18)11-24(30)32-15-16-4-5-16/h1-3,6-10,12,14,16,24,30H,4-5,11,13,15,27H2,(H,28,29,31). The molecule has 3 aromatic rings. The van der Waals surface area contributed by atoms with E-state index >= 15 is 0 Å². The third-order valence-electron chi connectivity index (χ3n) is 5.48. The van der Waals surface area contributed by atoms with Crippen LogP contribution in [0.3, 0.4) is 0 Å². The Morgan fingerprint density at radius 2 is 2.09 bits per heavy atom. The number of aliphatic hydroxyl groups is 1. The molecule has 1 heterocycles. The fourth-order valence-electron chi connectivity index (χ4n) is 3.49. The van der Waals surface area contributed by atoms with E-state index in [0.29, 0.717) is 31.1 Å². The summed E-state index contributed by atoms with van der Waals surface area (Å²) in [6.07, 6.45) is 4.32. The van der Waals surface area contributed by atoms with Crippen LogP contribution in [0.4, 0.5) is 10.1 Å². The number of aliphatic hydroxyl groups excluding tert-OH is 1. The lowest BCUT2D eigenvalue weighted by molar-refractivity contribution is -0.101. The SMILES string of the molecule is NCc1ccc(C(=O)Nc2ccncc2F)cc1-c1cccc(CC(O)OCC2CC2)c1. The molecule has 0 bridgehead atoms. The second kappa shape index (κ2) is 9.99. The van der Waals surface area contributed by atoms with Gasteiger partial charge in [-0.3, -0.25) is 9.78 Å². The number of nitrogens with zero attached hydrogens (tertiary/aromatic N) is 1. The van der Waals surface area contributed by atoms with Crippen molar-refractivity contribution in [1.82, 2.24) is 4.98 Å². The highest BCUT2D eigenvalue weighted by Crippen LogP contribution is 2.30. The zero-order valence-electron chi connectivity index (χ0n) is 17.6. The molecule has 1 fully saturated rings. The Morgan fingerprint density at radius 1 is 1.25 bits per heavy atom. The van der Waals surface area contributed by atoms with Crippen molar-refractivity contribution in [3.8, 4) is 11.1 Å². The average molecular weight is 435 g/mol. The van der Waals surface area contributed by atoms with Gasteiger partial charge in [-0.05, 0) is 59.2 Å². The molecule has 2 aromatic carbocycles. The Morgan fingerprint density at radius 3 is 2.84 bits per heavy atom. The summed E-state index contributed by atoms with van der Waals surface area (Å²) in [5.41, 5.74) is 9.86. The lowest BCUT2D eigenvalue weighted by Gasteiger charge is -2.15. The maximum absolute atomic E-state index is 13.9. The zero-order chi connectivity index (χ0) is 22.5. The monoisotopic (exact) mass is 435 g/mol. The summed E-state index contributed by atoms with van der Waals surface area (Å²) < 4.78 is 19.4. The van der Waals surface area contributed by atoms with Gasteiger partial charge in [-0.1, -0.05) is 30.3 Å². The molecule has 1 aromatic heterocycles. The smallest absolute Gasteiger partial charge is 0.255 e. The molecule has 1 aliphatic rings. The van der Waals surface area contributed by atoms with Gasteiger partial charge in [0.2, 0.25) is 0 Å². The number of halogens is 1. The Balaban J connectivity index is 1.54. The molecular formula is C25H26FN3O3. The summed E-state index contributed by atoms with van der Waals surface area (Å²) in [6.45, 7) is 0.890. The van der Waals surface area contributed by atoms with Crippen LogP contribution in [-0.2, 0) is 17.7 Å². The van der Waals surface area contributed by atoms with E-state index in [9.17, 15) is 14.3 Å². The molecule has 166 valence electrons. The molecule has 6 nitrogen and oxygen atoms in total. The van der Waals surface area contributed by atoms with Crippen LogP contribution in [0, 0.1) is 11.7 Å². The van der Waals surface area contributed by atoms with Crippen LogP contribution in [0.25, 0.3) is 11.1 Å². The lowest BCUT2D eigenvalue weighted by Crippen LogP contribution is -2.16. The molecule has 0 saturated heterocycles. The van der Waals surface area contributed by atoms with Crippen LogP contribution in [0.1, 0.15) is 34.3 Å². The third-order valence-corrected chi connectivity index (χ3v) is 5.48. The zero-order valence-corrected chi connectivity index (χ0v) is 17.6. The van der Waals surface area contributed by atoms with Crippen LogP contribution in [0.2, 0.25) is 0 Å². The average Bonchev–Trinajstić information content (AvgIpc) is 3.63. The van der Waals surface area contributed by atoms with Gasteiger partial charge >= 0.3 is 0 Å². The number of pyridine rings is 1. The van der Waals surface area contributed by atoms with E-state index < -0.39 is 18.0 Å². The number of hydrogen-bond donors (Lipinski definition) is 3. The van der Waals surface area contributed by atoms with Crippen molar-refractivity contribution >= 4 is 11.6 Å². The van der Waals surface area contributed by atoms with Crippen molar-refractivity contribution in [1.29, 1.82) is 0 Å². The highest BCUT2D eigenvalue weighted by molar-refractivity contribution is 6.05. The van der Waals surface area contributed by atoms with E-state index in [1.807, 2.05) is 24.3 Å². The minimum atomic E-state index is -0.854. The minimum absolute atomic E-state index is 0.0663. The van der Waals surface area contributed by atoms with E-state index in [0.717, 1.165) is 28.5 Å². The lowest BCUT2D eigenvalue weighted by atomic mass is 9.95. The molecule has 4 rings (SSSR count). The van der Waals surface area contributed by atoms with Gasteiger partial charge in [0.05, 0.1) is 18.5 Å². The summed E-state index contributed by atoms with van der Waals surface area (Å²) in [4.78, 5) is 16.4. The van der Waals surface area contributed by atoms with Crippen LogP contribution >= 0.6 is 0 Å². The van der Waals surface area contributed by atoms with Crippen LogP contribution in [0.15, 0.2) is 60.9 Å². The highest BCUT2D eigenvalue weighted by Gasteiger charge is 2.22.